The maximum absolute atomic E-state index is 12.8. The zero-order valence-corrected chi connectivity index (χ0v) is 18.7. The number of carbonyl (C=O) groups excluding carboxylic acids is 1. The standard InChI is InChI=1S/C23H26N6O4/c1-31-17-6-7-18(19(13-17)32-2)25-23(30)29-11-9-28(10-12-29)20-8-5-16(14-24-20)21-26-22(33-27-21)15-3-4-15/h5-8,13-15H,3-4,9-12H2,1-2H3,(H,25,30). The highest BCUT2D eigenvalue weighted by Gasteiger charge is 2.30. The number of piperazine rings is 1. The smallest absolute Gasteiger partial charge is 0.322 e. The van der Waals surface area contributed by atoms with E-state index in [0.29, 0.717) is 55.1 Å². The van der Waals surface area contributed by atoms with Crippen molar-refractivity contribution < 1.29 is 18.8 Å². The summed E-state index contributed by atoms with van der Waals surface area (Å²) < 4.78 is 15.9. The van der Waals surface area contributed by atoms with Gasteiger partial charge in [-0.25, -0.2) is 9.78 Å². The average molecular weight is 450 g/mol. The number of amides is 2. The van der Waals surface area contributed by atoms with Crippen LogP contribution in [0.25, 0.3) is 11.4 Å². The first-order valence-corrected chi connectivity index (χ1v) is 11.0. The molecule has 33 heavy (non-hydrogen) atoms. The van der Waals surface area contributed by atoms with Gasteiger partial charge >= 0.3 is 6.03 Å². The number of methoxy groups -OCH3 is 2. The van der Waals surface area contributed by atoms with Crippen LogP contribution in [0.3, 0.4) is 0 Å². The van der Waals surface area contributed by atoms with Gasteiger partial charge in [0.1, 0.15) is 17.3 Å². The van der Waals surface area contributed by atoms with Crippen molar-refractivity contribution in [2.24, 2.45) is 0 Å². The Bertz CT molecular complexity index is 1120. The fourth-order valence-electron chi connectivity index (χ4n) is 3.79. The van der Waals surface area contributed by atoms with Gasteiger partial charge in [-0.1, -0.05) is 5.16 Å². The molecular formula is C23H26N6O4. The Morgan fingerprint density at radius 1 is 1.09 bits per heavy atom. The lowest BCUT2D eigenvalue weighted by atomic mass is 10.2. The SMILES string of the molecule is COc1ccc(NC(=O)N2CCN(c3ccc(-c4noc(C5CC5)n4)cn3)CC2)c(OC)c1. The van der Waals surface area contributed by atoms with Gasteiger partial charge in [-0.05, 0) is 37.1 Å². The van der Waals surface area contributed by atoms with E-state index in [2.05, 4.69) is 25.3 Å². The molecule has 1 N–H and O–H groups in total. The number of anilines is 2. The van der Waals surface area contributed by atoms with Gasteiger partial charge in [0.25, 0.3) is 0 Å². The molecular weight excluding hydrogens is 424 g/mol. The molecule has 10 nitrogen and oxygen atoms in total. The molecule has 172 valence electrons. The lowest BCUT2D eigenvalue weighted by Crippen LogP contribution is -2.50. The Morgan fingerprint density at radius 2 is 1.91 bits per heavy atom. The number of rotatable bonds is 6. The van der Waals surface area contributed by atoms with Crippen LogP contribution in [0, 0.1) is 0 Å². The van der Waals surface area contributed by atoms with E-state index in [4.69, 9.17) is 14.0 Å². The van der Waals surface area contributed by atoms with Gasteiger partial charge in [-0.2, -0.15) is 4.98 Å². The number of pyridine rings is 1. The highest BCUT2D eigenvalue weighted by molar-refractivity contribution is 5.91. The molecule has 3 aromatic rings. The number of carbonyl (C=O) groups is 1. The molecule has 1 saturated carbocycles. The van der Waals surface area contributed by atoms with Crippen molar-refractivity contribution in [3.05, 3.63) is 42.4 Å². The van der Waals surface area contributed by atoms with E-state index in [1.807, 2.05) is 12.1 Å². The van der Waals surface area contributed by atoms with Crippen LogP contribution in [0.5, 0.6) is 11.5 Å². The zero-order chi connectivity index (χ0) is 22.8. The molecule has 0 spiro atoms. The van der Waals surface area contributed by atoms with Gasteiger partial charge in [0.05, 0.1) is 19.9 Å². The Kier molecular flexibility index (Phi) is 5.72. The molecule has 2 fully saturated rings. The minimum Gasteiger partial charge on any atom is -0.497 e. The summed E-state index contributed by atoms with van der Waals surface area (Å²) in [5.74, 6) is 3.80. The summed E-state index contributed by atoms with van der Waals surface area (Å²) >= 11 is 0. The van der Waals surface area contributed by atoms with E-state index >= 15 is 0 Å². The quantitative estimate of drug-likeness (QED) is 0.609. The predicted octanol–water partition coefficient (Wildman–Crippen LogP) is 3.38. The molecule has 1 saturated heterocycles. The minimum atomic E-state index is -0.162. The van der Waals surface area contributed by atoms with Crippen molar-refractivity contribution in [3.8, 4) is 22.9 Å². The van der Waals surface area contributed by atoms with Gasteiger partial charge < -0.3 is 29.1 Å². The summed E-state index contributed by atoms with van der Waals surface area (Å²) in [6, 6.07) is 9.05. The molecule has 5 rings (SSSR count). The van der Waals surface area contributed by atoms with Crippen LogP contribution in [0.4, 0.5) is 16.3 Å². The van der Waals surface area contributed by atoms with E-state index < -0.39 is 0 Å². The number of aromatic nitrogens is 3. The lowest BCUT2D eigenvalue weighted by Gasteiger charge is -2.35. The maximum atomic E-state index is 12.8. The third kappa shape index (κ3) is 4.55. The predicted molar refractivity (Wildman–Crippen MR) is 122 cm³/mol. The molecule has 0 bridgehead atoms. The van der Waals surface area contributed by atoms with Crippen molar-refractivity contribution in [1.82, 2.24) is 20.0 Å². The first-order valence-electron chi connectivity index (χ1n) is 11.0. The van der Waals surface area contributed by atoms with Crippen LogP contribution < -0.4 is 19.7 Å². The number of hydrogen-bond donors (Lipinski definition) is 1. The van der Waals surface area contributed by atoms with Crippen molar-refractivity contribution in [2.45, 2.75) is 18.8 Å². The first kappa shape index (κ1) is 21.0. The summed E-state index contributed by atoms with van der Waals surface area (Å²) in [7, 11) is 3.15. The highest BCUT2D eigenvalue weighted by atomic mass is 16.5. The lowest BCUT2D eigenvalue weighted by molar-refractivity contribution is 0.208. The maximum Gasteiger partial charge on any atom is 0.322 e. The molecule has 1 aromatic carbocycles. The number of ether oxygens (including phenoxy) is 2. The van der Waals surface area contributed by atoms with Crippen molar-refractivity contribution in [3.63, 3.8) is 0 Å². The monoisotopic (exact) mass is 450 g/mol. The zero-order valence-electron chi connectivity index (χ0n) is 18.7. The second kappa shape index (κ2) is 8.97. The minimum absolute atomic E-state index is 0.162. The van der Waals surface area contributed by atoms with Crippen LogP contribution in [0.15, 0.2) is 41.1 Å². The van der Waals surface area contributed by atoms with Gasteiger partial charge in [-0.3, -0.25) is 0 Å². The van der Waals surface area contributed by atoms with Gasteiger partial charge in [0.15, 0.2) is 0 Å². The molecule has 2 aliphatic rings. The highest BCUT2D eigenvalue weighted by Crippen LogP contribution is 2.39. The molecule has 0 atom stereocenters. The van der Waals surface area contributed by atoms with E-state index in [1.165, 1.54) is 0 Å². The second-order valence-corrected chi connectivity index (χ2v) is 8.11. The molecule has 0 radical (unpaired) electrons. The summed E-state index contributed by atoms with van der Waals surface area (Å²) in [5.41, 5.74) is 1.44. The Morgan fingerprint density at radius 3 is 2.58 bits per heavy atom. The fourth-order valence-corrected chi connectivity index (χ4v) is 3.79. The summed E-state index contributed by atoms with van der Waals surface area (Å²) in [6.45, 7) is 2.55. The fraction of sp³-hybridized carbons (Fsp3) is 0.391. The van der Waals surface area contributed by atoms with Crippen LogP contribution in [-0.4, -0.2) is 66.5 Å². The number of urea groups is 1. The molecule has 2 aromatic heterocycles. The third-order valence-corrected chi connectivity index (χ3v) is 5.92. The van der Waals surface area contributed by atoms with Gasteiger partial charge in [0, 0.05) is 49.9 Å². The molecule has 1 aliphatic heterocycles. The van der Waals surface area contributed by atoms with Crippen LogP contribution in [-0.2, 0) is 0 Å². The van der Waals surface area contributed by atoms with Crippen molar-refractivity contribution in [1.29, 1.82) is 0 Å². The Labute approximate surface area is 191 Å². The van der Waals surface area contributed by atoms with E-state index in [0.717, 1.165) is 30.1 Å². The van der Waals surface area contributed by atoms with E-state index in [-0.39, 0.29) is 6.03 Å². The molecule has 10 heteroatoms. The summed E-state index contributed by atoms with van der Waals surface area (Å²) in [6.07, 6.45) is 4.01. The topological polar surface area (TPSA) is 106 Å². The molecule has 2 amide bonds. The van der Waals surface area contributed by atoms with E-state index in [9.17, 15) is 4.79 Å². The number of hydrogen-bond acceptors (Lipinski definition) is 8. The number of nitrogens with one attached hydrogen (secondary N) is 1. The van der Waals surface area contributed by atoms with Crippen LogP contribution in [0.2, 0.25) is 0 Å². The normalized spacial score (nSPS) is 15.9. The second-order valence-electron chi connectivity index (χ2n) is 8.11. The van der Waals surface area contributed by atoms with Crippen LogP contribution >= 0.6 is 0 Å². The number of benzene rings is 1. The van der Waals surface area contributed by atoms with Gasteiger partial charge in [-0.15, -0.1) is 0 Å². The van der Waals surface area contributed by atoms with Crippen molar-refractivity contribution >= 4 is 17.5 Å². The summed E-state index contributed by atoms with van der Waals surface area (Å²) in [4.78, 5) is 25.8. The Balaban J connectivity index is 1.17. The van der Waals surface area contributed by atoms with Crippen LogP contribution in [0.1, 0.15) is 24.7 Å². The third-order valence-electron chi connectivity index (χ3n) is 5.92. The molecule has 3 heterocycles. The Hall–Kier alpha value is -3.82. The first-order chi connectivity index (χ1) is 16.1. The van der Waals surface area contributed by atoms with Crippen molar-refractivity contribution in [2.75, 3.05) is 50.6 Å². The summed E-state index contributed by atoms with van der Waals surface area (Å²) in [5, 5.41) is 7.00. The van der Waals surface area contributed by atoms with Gasteiger partial charge in [0.2, 0.25) is 11.7 Å². The number of nitrogens with zero attached hydrogens (tertiary/aromatic N) is 5. The average Bonchev–Trinajstić information content (AvgIpc) is 3.60. The largest absolute Gasteiger partial charge is 0.497 e. The molecule has 1 aliphatic carbocycles. The molecule has 0 unspecified atom stereocenters. The van der Waals surface area contributed by atoms with E-state index in [1.54, 1.807) is 43.5 Å².